The molecular weight excluding hydrogens is 226 g/mol. The van der Waals surface area contributed by atoms with E-state index in [1.165, 1.54) is 25.7 Å². The molecule has 3 atom stereocenters. The fraction of sp³-hybridized carbons (Fsp3) is 0.857. The maximum Gasteiger partial charge on any atom is 0.217 e. The van der Waals surface area contributed by atoms with Crippen LogP contribution in [0.4, 0.5) is 0 Å². The zero-order valence-electron chi connectivity index (χ0n) is 11.2. The van der Waals surface area contributed by atoms with Gasteiger partial charge in [0.1, 0.15) is 0 Å². The first-order valence-electron chi connectivity index (χ1n) is 7.37. The van der Waals surface area contributed by atoms with Crippen LogP contribution >= 0.6 is 0 Å². The molecule has 0 saturated heterocycles. The lowest BCUT2D eigenvalue weighted by atomic mass is 9.86. The van der Waals surface area contributed by atoms with E-state index in [4.69, 9.17) is 4.42 Å². The van der Waals surface area contributed by atoms with Crippen molar-refractivity contribution in [1.82, 2.24) is 15.5 Å². The summed E-state index contributed by atoms with van der Waals surface area (Å²) >= 11 is 0. The Morgan fingerprint density at radius 2 is 2.11 bits per heavy atom. The van der Waals surface area contributed by atoms with Crippen molar-refractivity contribution in [2.45, 2.75) is 45.4 Å². The monoisotopic (exact) mass is 249 g/mol. The summed E-state index contributed by atoms with van der Waals surface area (Å²) in [6.45, 7) is 4.02. The van der Waals surface area contributed by atoms with Crippen molar-refractivity contribution < 1.29 is 4.42 Å². The minimum atomic E-state index is 0.786. The summed E-state index contributed by atoms with van der Waals surface area (Å²) in [7, 11) is 0. The van der Waals surface area contributed by atoms with Crippen LogP contribution in [-0.2, 0) is 12.8 Å². The summed E-state index contributed by atoms with van der Waals surface area (Å²) in [4.78, 5) is 0. The number of aromatic nitrogens is 2. The van der Waals surface area contributed by atoms with Crippen LogP contribution in [0.3, 0.4) is 0 Å². The van der Waals surface area contributed by atoms with E-state index in [-0.39, 0.29) is 0 Å². The fourth-order valence-electron chi connectivity index (χ4n) is 3.69. The smallest absolute Gasteiger partial charge is 0.217 e. The minimum Gasteiger partial charge on any atom is -0.425 e. The van der Waals surface area contributed by atoms with E-state index in [9.17, 15) is 0 Å². The van der Waals surface area contributed by atoms with Crippen molar-refractivity contribution in [1.29, 1.82) is 0 Å². The predicted octanol–water partition coefficient (Wildman–Crippen LogP) is 2.20. The molecule has 100 valence electrons. The van der Waals surface area contributed by atoms with Gasteiger partial charge >= 0.3 is 0 Å². The van der Waals surface area contributed by atoms with Gasteiger partial charge in [0.25, 0.3) is 0 Å². The lowest BCUT2D eigenvalue weighted by Crippen LogP contribution is -2.16. The number of likely N-dealkylation sites (N-methyl/N-ethyl adjacent to an activating group) is 1. The quantitative estimate of drug-likeness (QED) is 0.785. The van der Waals surface area contributed by atoms with Crippen LogP contribution in [0.25, 0.3) is 0 Å². The van der Waals surface area contributed by atoms with Crippen molar-refractivity contribution >= 4 is 0 Å². The average molecular weight is 249 g/mol. The van der Waals surface area contributed by atoms with Crippen LogP contribution < -0.4 is 5.32 Å². The average Bonchev–Trinajstić information content (AvgIpc) is 3.06. The Morgan fingerprint density at radius 3 is 2.83 bits per heavy atom. The van der Waals surface area contributed by atoms with E-state index in [0.29, 0.717) is 0 Å². The van der Waals surface area contributed by atoms with Crippen molar-refractivity contribution in [3.8, 4) is 0 Å². The molecular formula is C14H23N3O. The van der Waals surface area contributed by atoms with Crippen molar-refractivity contribution in [3.63, 3.8) is 0 Å². The lowest BCUT2D eigenvalue weighted by Gasteiger charge is -2.19. The van der Waals surface area contributed by atoms with Crippen LogP contribution in [0.2, 0.25) is 0 Å². The molecule has 2 aliphatic carbocycles. The Bertz CT molecular complexity index is 390. The fourth-order valence-corrected chi connectivity index (χ4v) is 3.69. The van der Waals surface area contributed by atoms with E-state index in [1.54, 1.807) is 0 Å². The molecule has 0 aromatic carbocycles. The van der Waals surface area contributed by atoms with Gasteiger partial charge in [0, 0.05) is 19.4 Å². The highest BCUT2D eigenvalue weighted by Crippen LogP contribution is 2.49. The van der Waals surface area contributed by atoms with Crippen LogP contribution in [0.1, 0.15) is 44.4 Å². The zero-order valence-corrected chi connectivity index (χ0v) is 11.2. The van der Waals surface area contributed by atoms with Gasteiger partial charge in [-0.3, -0.25) is 0 Å². The van der Waals surface area contributed by atoms with Gasteiger partial charge in [0.2, 0.25) is 11.8 Å². The minimum absolute atomic E-state index is 0.786. The molecule has 0 spiro atoms. The molecule has 2 saturated carbocycles. The Labute approximate surface area is 109 Å². The van der Waals surface area contributed by atoms with E-state index in [0.717, 1.165) is 55.5 Å². The number of hydrogen-bond acceptors (Lipinski definition) is 4. The lowest BCUT2D eigenvalue weighted by molar-refractivity contribution is 0.303. The molecule has 3 unspecified atom stereocenters. The Balaban J connectivity index is 1.51. The summed E-state index contributed by atoms with van der Waals surface area (Å²) < 4.78 is 5.74. The van der Waals surface area contributed by atoms with E-state index in [2.05, 4.69) is 22.4 Å². The first-order valence-corrected chi connectivity index (χ1v) is 7.37. The Hall–Kier alpha value is -0.900. The van der Waals surface area contributed by atoms with Crippen LogP contribution in [0.5, 0.6) is 0 Å². The Morgan fingerprint density at radius 1 is 1.22 bits per heavy atom. The molecule has 4 nitrogen and oxygen atoms in total. The summed E-state index contributed by atoms with van der Waals surface area (Å²) in [6.07, 6.45) is 7.58. The summed E-state index contributed by atoms with van der Waals surface area (Å²) in [5, 5.41) is 11.6. The molecule has 2 fully saturated rings. The molecule has 18 heavy (non-hydrogen) atoms. The van der Waals surface area contributed by atoms with Crippen LogP contribution in [0.15, 0.2) is 4.42 Å². The predicted molar refractivity (Wildman–Crippen MR) is 69.2 cm³/mol. The maximum absolute atomic E-state index is 5.74. The number of nitrogens with zero attached hydrogens (tertiary/aromatic N) is 2. The van der Waals surface area contributed by atoms with Gasteiger partial charge in [-0.1, -0.05) is 13.3 Å². The standard InChI is InChI=1S/C14H23N3O/c1-2-15-6-5-13-16-17-14(18-13)9-12-8-10-3-4-11(12)7-10/h10-12,15H,2-9H2,1H3. The molecule has 0 radical (unpaired) electrons. The number of hydrogen-bond donors (Lipinski definition) is 1. The van der Waals surface area contributed by atoms with Gasteiger partial charge < -0.3 is 9.73 Å². The zero-order chi connectivity index (χ0) is 12.4. The molecule has 3 rings (SSSR count). The van der Waals surface area contributed by atoms with E-state index >= 15 is 0 Å². The van der Waals surface area contributed by atoms with Crippen LogP contribution in [-0.4, -0.2) is 23.3 Å². The molecule has 0 amide bonds. The SMILES string of the molecule is CCNCCc1nnc(CC2CC3CCC2C3)o1. The van der Waals surface area contributed by atoms with Crippen LogP contribution in [0, 0.1) is 17.8 Å². The van der Waals surface area contributed by atoms with Gasteiger partial charge in [0.15, 0.2) is 0 Å². The Kier molecular flexibility index (Phi) is 3.64. The van der Waals surface area contributed by atoms with Crippen molar-refractivity contribution in [2.24, 2.45) is 17.8 Å². The molecule has 0 aliphatic heterocycles. The highest BCUT2D eigenvalue weighted by molar-refractivity contribution is 4.94. The second kappa shape index (κ2) is 5.39. The third kappa shape index (κ3) is 2.58. The number of rotatable bonds is 6. The third-order valence-corrected chi connectivity index (χ3v) is 4.60. The molecule has 1 N–H and O–H groups in total. The van der Waals surface area contributed by atoms with E-state index in [1.807, 2.05) is 0 Å². The maximum atomic E-state index is 5.74. The number of nitrogens with one attached hydrogen (secondary N) is 1. The summed E-state index contributed by atoms with van der Waals surface area (Å²) in [6, 6.07) is 0. The molecule has 2 aliphatic rings. The summed E-state index contributed by atoms with van der Waals surface area (Å²) in [5.74, 6) is 4.39. The normalized spacial score (nSPS) is 30.2. The van der Waals surface area contributed by atoms with Crippen molar-refractivity contribution in [2.75, 3.05) is 13.1 Å². The van der Waals surface area contributed by atoms with Gasteiger partial charge in [-0.2, -0.15) is 0 Å². The summed E-state index contributed by atoms with van der Waals surface area (Å²) in [5.41, 5.74) is 0. The first kappa shape index (κ1) is 12.2. The van der Waals surface area contributed by atoms with Gasteiger partial charge in [0.05, 0.1) is 0 Å². The molecule has 1 aromatic rings. The first-order chi connectivity index (χ1) is 8.85. The topological polar surface area (TPSA) is 51.0 Å². The number of fused-ring (bicyclic) bond motifs is 2. The van der Waals surface area contributed by atoms with Gasteiger partial charge in [-0.15, -0.1) is 10.2 Å². The van der Waals surface area contributed by atoms with E-state index < -0.39 is 0 Å². The highest BCUT2D eigenvalue weighted by atomic mass is 16.4. The molecule has 1 aromatic heterocycles. The molecule has 4 heteroatoms. The second-order valence-electron chi connectivity index (χ2n) is 5.83. The largest absolute Gasteiger partial charge is 0.425 e. The molecule has 2 bridgehead atoms. The highest BCUT2D eigenvalue weighted by Gasteiger charge is 2.39. The molecule has 1 heterocycles. The second-order valence-corrected chi connectivity index (χ2v) is 5.83. The van der Waals surface area contributed by atoms with Gasteiger partial charge in [-0.05, 0) is 43.6 Å². The van der Waals surface area contributed by atoms with Gasteiger partial charge in [-0.25, -0.2) is 0 Å². The van der Waals surface area contributed by atoms with Crippen molar-refractivity contribution in [3.05, 3.63) is 11.8 Å². The third-order valence-electron chi connectivity index (χ3n) is 4.60.